The second kappa shape index (κ2) is 10.1. The summed E-state index contributed by atoms with van der Waals surface area (Å²) in [5.74, 6) is -1.67. The molecule has 0 aromatic heterocycles. The Balaban J connectivity index is -0.0000000720. The van der Waals surface area contributed by atoms with Crippen molar-refractivity contribution in [1.29, 1.82) is 0 Å². The van der Waals surface area contributed by atoms with Crippen molar-refractivity contribution in [1.82, 2.24) is 0 Å². The molecule has 0 rings (SSSR count). The van der Waals surface area contributed by atoms with Gasteiger partial charge in [0, 0.05) is 22.3 Å². The molecule has 0 fully saturated rings. The molecule has 4 nitrogen and oxygen atoms in total. The average molecular weight is 131 g/mol. The minimum atomic E-state index is -0.833. The molecule has 51 valence electrons. The van der Waals surface area contributed by atoms with Crippen LogP contribution in [0.15, 0.2) is 0 Å². The minimum absolute atomic E-state index is 0. The standard InChI is InChI=1S/2C2H4O2.B/c2*1-2(3)4;/h2*1H3,(H,3,4);. The van der Waals surface area contributed by atoms with E-state index < -0.39 is 11.9 Å². The largest absolute Gasteiger partial charge is 0.481 e. The van der Waals surface area contributed by atoms with Gasteiger partial charge < -0.3 is 10.2 Å². The van der Waals surface area contributed by atoms with Gasteiger partial charge in [0.15, 0.2) is 0 Å². The van der Waals surface area contributed by atoms with E-state index in [1.54, 1.807) is 0 Å². The third-order valence-corrected chi connectivity index (χ3v) is 0. The normalized spacial score (nSPS) is 5.56. The monoisotopic (exact) mass is 131 g/mol. The lowest BCUT2D eigenvalue weighted by Crippen LogP contribution is -1.78. The number of aliphatic carboxylic acids is 2. The van der Waals surface area contributed by atoms with Crippen LogP contribution in [-0.2, 0) is 9.59 Å². The number of hydrogen-bond donors (Lipinski definition) is 2. The molecule has 0 saturated heterocycles. The SMILES string of the molecule is CC(=O)O.CC(=O)O.[B]. The fourth-order valence-corrected chi connectivity index (χ4v) is 0. The van der Waals surface area contributed by atoms with E-state index >= 15 is 0 Å². The second-order valence-electron chi connectivity index (χ2n) is 1.04. The van der Waals surface area contributed by atoms with Crippen molar-refractivity contribution in [2.24, 2.45) is 0 Å². The molecule has 5 heteroatoms. The van der Waals surface area contributed by atoms with Crippen LogP contribution in [-0.4, -0.2) is 30.6 Å². The Morgan fingerprint density at radius 2 is 1.00 bits per heavy atom. The van der Waals surface area contributed by atoms with Crippen LogP contribution < -0.4 is 0 Å². The van der Waals surface area contributed by atoms with Crippen molar-refractivity contribution in [3.8, 4) is 0 Å². The Morgan fingerprint density at radius 3 is 1.00 bits per heavy atom. The highest BCUT2D eigenvalue weighted by Gasteiger charge is 1.65. The van der Waals surface area contributed by atoms with E-state index in [2.05, 4.69) is 0 Å². The van der Waals surface area contributed by atoms with Gasteiger partial charge in [0.05, 0.1) is 0 Å². The van der Waals surface area contributed by atoms with Gasteiger partial charge in [-0.05, 0) is 0 Å². The predicted molar refractivity (Wildman–Crippen MR) is 32.4 cm³/mol. The number of carboxylic acids is 2. The maximum absolute atomic E-state index is 9.00. The van der Waals surface area contributed by atoms with E-state index in [4.69, 9.17) is 19.8 Å². The Labute approximate surface area is 55.1 Å². The van der Waals surface area contributed by atoms with Crippen LogP contribution in [0, 0.1) is 0 Å². The summed E-state index contributed by atoms with van der Waals surface area (Å²) >= 11 is 0. The van der Waals surface area contributed by atoms with E-state index in [1.807, 2.05) is 0 Å². The molecule has 0 atom stereocenters. The van der Waals surface area contributed by atoms with Crippen molar-refractivity contribution < 1.29 is 19.8 Å². The molecule has 0 unspecified atom stereocenters. The van der Waals surface area contributed by atoms with Gasteiger partial charge in [-0.2, -0.15) is 0 Å². The zero-order valence-corrected chi connectivity index (χ0v) is 5.29. The summed E-state index contributed by atoms with van der Waals surface area (Å²) in [5.41, 5.74) is 0. The Morgan fingerprint density at radius 1 is 1.00 bits per heavy atom. The molecule has 0 aliphatic carbocycles. The molecule has 0 aliphatic rings. The van der Waals surface area contributed by atoms with Crippen LogP contribution in [0.5, 0.6) is 0 Å². The van der Waals surface area contributed by atoms with Gasteiger partial charge in [0.2, 0.25) is 0 Å². The third-order valence-electron chi connectivity index (χ3n) is 0. The van der Waals surface area contributed by atoms with Crippen LogP contribution in [0.4, 0.5) is 0 Å². The maximum atomic E-state index is 9.00. The summed E-state index contributed by atoms with van der Waals surface area (Å²) in [6.07, 6.45) is 0. The molecule has 0 aromatic rings. The lowest BCUT2D eigenvalue weighted by atomic mass is 10.8. The highest BCUT2D eigenvalue weighted by molar-refractivity contribution is 5.75. The molecule has 0 amide bonds. The molecule has 9 heavy (non-hydrogen) atoms. The first kappa shape index (κ1) is 15.7. The van der Waals surface area contributed by atoms with E-state index in [1.165, 1.54) is 0 Å². The summed E-state index contributed by atoms with van der Waals surface area (Å²) in [6, 6.07) is 0. The molecule has 0 heterocycles. The first-order valence-electron chi connectivity index (χ1n) is 1.86. The summed E-state index contributed by atoms with van der Waals surface area (Å²) < 4.78 is 0. The smallest absolute Gasteiger partial charge is 0.300 e. The lowest BCUT2D eigenvalue weighted by Gasteiger charge is -1.59. The molecular weight excluding hydrogens is 123 g/mol. The van der Waals surface area contributed by atoms with E-state index in [9.17, 15) is 0 Å². The fourth-order valence-electron chi connectivity index (χ4n) is 0. The molecular formula is C4H8BO4. The van der Waals surface area contributed by atoms with Gasteiger partial charge in [0.25, 0.3) is 11.9 Å². The molecule has 0 bridgehead atoms. The van der Waals surface area contributed by atoms with E-state index in [0.717, 1.165) is 13.8 Å². The van der Waals surface area contributed by atoms with E-state index in [0.29, 0.717) is 0 Å². The Kier molecular flexibility index (Phi) is 17.6. The molecule has 2 N–H and O–H groups in total. The zero-order valence-electron chi connectivity index (χ0n) is 5.29. The average Bonchev–Trinajstić information content (AvgIpc) is 1.25. The maximum Gasteiger partial charge on any atom is 0.300 e. The van der Waals surface area contributed by atoms with Crippen LogP contribution >= 0.6 is 0 Å². The van der Waals surface area contributed by atoms with Gasteiger partial charge >= 0.3 is 0 Å². The van der Waals surface area contributed by atoms with Gasteiger partial charge in [-0.1, -0.05) is 0 Å². The van der Waals surface area contributed by atoms with Gasteiger partial charge in [-0.25, -0.2) is 0 Å². The highest BCUT2D eigenvalue weighted by Crippen LogP contribution is 1.42. The molecule has 0 aliphatic heterocycles. The summed E-state index contributed by atoms with van der Waals surface area (Å²) in [5, 5.41) is 14.8. The van der Waals surface area contributed by atoms with Crippen LogP contribution in [0.2, 0.25) is 0 Å². The summed E-state index contributed by atoms with van der Waals surface area (Å²) in [6.45, 7) is 2.17. The summed E-state index contributed by atoms with van der Waals surface area (Å²) in [4.78, 5) is 18.0. The first-order valence-corrected chi connectivity index (χ1v) is 1.86. The van der Waals surface area contributed by atoms with Crippen molar-refractivity contribution in [2.75, 3.05) is 0 Å². The van der Waals surface area contributed by atoms with Gasteiger partial charge in [-0.15, -0.1) is 0 Å². The lowest BCUT2D eigenvalue weighted by molar-refractivity contribution is -0.135. The van der Waals surface area contributed by atoms with Crippen LogP contribution in [0.3, 0.4) is 0 Å². The molecule has 3 radical (unpaired) electrons. The quantitative estimate of drug-likeness (QED) is 0.446. The van der Waals surface area contributed by atoms with E-state index in [-0.39, 0.29) is 8.41 Å². The zero-order chi connectivity index (χ0) is 7.15. The topological polar surface area (TPSA) is 74.6 Å². The fraction of sp³-hybridized carbons (Fsp3) is 0.500. The summed E-state index contributed by atoms with van der Waals surface area (Å²) in [7, 11) is 0. The number of rotatable bonds is 0. The Hall–Kier alpha value is -0.995. The molecule has 0 saturated carbocycles. The second-order valence-corrected chi connectivity index (χ2v) is 1.04. The minimum Gasteiger partial charge on any atom is -0.481 e. The predicted octanol–water partition coefficient (Wildman–Crippen LogP) is -0.199. The molecule has 0 aromatic carbocycles. The number of carbonyl (C=O) groups is 2. The van der Waals surface area contributed by atoms with Crippen molar-refractivity contribution in [3.63, 3.8) is 0 Å². The molecule has 0 spiro atoms. The Bertz CT molecular complexity index is 70.6. The highest BCUT2D eigenvalue weighted by atomic mass is 16.4. The number of carboxylic acid groups (broad SMARTS) is 2. The third kappa shape index (κ3) is 177. The van der Waals surface area contributed by atoms with Crippen LogP contribution in [0.1, 0.15) is 13.8 Å². The van der Waals surface area contributed by atoms with Gasteiger partial charge in [-0.3, -0.25) is 9.59 Å². The number of hydrogen-bond acceptors (Lipinski definition) is 2. The van der Waals surface area contributed by atoms with Gasteiger partial charge in [0.1, 0.15) is 0 Å². The van der Waals surface area contributed by atoms with Crippen molar-refractivity contribution in [2.45, 2.75) is 13.8 Å². The van der Waals surface area contributed by atoms with Crippen LogP contribution in [0.25, 0.3) is 0 Å². The first-order chi connectivity index (χ1) is 3.46. The van der Waals surface area contributed by atoms with Crippen molar-refractivity contribution >= 4 is 20.4 Å². The van der Waals surface area contributed by atoms with Crippen molar-refractivity contribution in [3.05, 3.63) is 0 Å².